The molecule has 1 aromatic carbocycles. The van der Waals surface area contributed by atoms with Crippen molar-refractivity contribution in [1.82, 2.24) is 0 Å². The predicted octanol–water partition coefficient (Wildman–Crippen LogP) is 4.57. The monoisotopic (exact) mass is 315 g/mol. The smallest absolute Gasteiger partial charge is 0.312 e. The fourth-order valence-corrected chi connectivity index (χ4v) is 4.11. The third-order valence-corrected chi connectivity index (χ3v) is 5.46. The van der Waals surface area contributed by atoms with E-state index < -0.39 is 4.92 Å². The molecule has 3 rings (SSSR count). The highest BCUT2D eigenvalue weighted by Crippen LogP contribution is 2.57. The van der Waals surface area contributed by atoms with Crippen LogP contribution in [0.5, 0.6) is 5.75 Å². The van der Waals surface area contributed by atoms with Crippen LogP contribution in [0, 0.1) is 15.5 Å². The van der Waals surface area contributed by atoms with Gasteiger partial charge in [0, 0.05) is 28.3 Å². The third-order valence-electron chi connectivity index (χ3n) is 4.61. The highest BCUT2D eigenvalue weighted by molar-refractivity contribution is 6.30. The van der Waals surface area contributed by atoms with Crippen LogP contribution >= 0.6 is 23.2 Å². The van der Waals surface area contributed by atoms with Crippen molar-refractivity contribution in [2.24, 2.45) is 5.41 Å². The summed E-state index contributed by atoms with van der Waals surface area (Å²) in [5.74, 6) is 0.291. The first-order valence-electron chi connectivity index (χ1n) is 6.77. The molecule has 2 aliphatic carbocycles. The van der Waals surface area contributed by atoms with Gasteiger partial charge in [-0.3, -0.25) is 10.1 Å². The van der Waals surface area contributed by atoms with E-state index in [4.69, 9.17) is 27.9 Å². The molecule has 2 atom stereocenters. The van der Waals surface area contributed by atoms with Crippen LogP contribution in [0.1, 0.15) is 32.1 Å². The lowest BCUT2D eigenvalue weighted by Gasteiger charge is -2.50. The van der Waals surface area contributed by atoms with Crippen LogP contribution < -0.4 is 4.74 Å². The first-order valence-corrected chi connectivity index (χ1v) is 7.59. The Bertz CT molecular complexity index is 543. The number of nitro benzene ring substituents is 1. The van der Waals surface area contributed by atoms with Crippen LogP contribution in [0.2, 0.25) is 5.02 Å². The molecule has 0 heterocycles. The van der Waals surface area contributed by atoms with Crippen LogP contribution in [-0.2, 0) is 0 Å². The summed E-state index contributed by atoms with van der Waals surface area (Å²) in [6, 6.07) is 4.52. The number of hydrogen-bond donors (Lipinski definition) is 0. The maximum atomic E-state index is 11.1. The largest absolute Gasteiger partial charge is 0.483 e. The zero-order valence-corrected chi connectivity index (χ0v) is 12.4. The molecule has 6 heteroatoms. The van der Waals surface area contributed by atoms with E-state index >= 15 is 0 Å². The van der Waals surface area contributed by atoms with Crippen molar-refractivity contribution in [2.45, 2.75) is 43.6 Å². The molecule has 0 N–H and O–H groups in total. The summed E-state index contributed by atoms with van der Waals surface area (Å²) in [4.78, 5) is 10.6. The Labute approximate surface area is 127 Å². The SMILES string of the molecule is O=[N+]([O-])c1cc(Cl)ccc1OC1CC(Cl)C12CCCC2. The van der Waals surface area contributed by atoms with Gasteiger partial charge in [-0.2, -0.15) is 0 Å². The van der Waals surface area contributed by atoms with Crippen molar-refractivity contribution in [3.05, 3.63) is 33.3 Å². The molecule has 108 valence electrons. The number of ether oxygens (including phenoxy) is 1. The Morgan fingerprint density at radius 2 is 2.05 bits per heavy atom. The Balaban J connectivity index is 1.84. The lowest BCUT2D eigenvalue weighted by atomic mass is 9.64. The number of rotatable bonds is 3. The van der Waals surface area contributed by atoms with Gasteiger partial charge in [-0.05, 0) is 25.0 Å². The van der Waals surface area contributed by atoms with Crippen LogP contribution in [0.3, 0.4) is 0 Å². The standard InChI is InChI=1S/C14H15Cl2NO3/c15-9-3-4-11(10(7-9)17(18)19)20-13-8-12(16)14(13)5-1-2-6-14/h3-4,7,12-13H,1-2,5-6,8H2. The van der Waals surface area contributed by atoms with Crippen molar-refractivity contribution in [3.8, 4) is 5.75 Å². The summed E-state index contributed by atoms with van der Waals surface area (Å²) < 4.78 is 5.92. The summed E-state index contributed by atoms with van der Waals surface area (Å²) in [5.41, 5.74) is -0.0709. The molecule has 0 bridgehead atoms. The van der Waals surface area contributed by atoms with E-state index in [1.807, 2.05) is 0 Å². The Kier molecular flexibility index (Phi) is 3.55. The molecule has 0 aromatic heterocycles. The van der Waals surface area contributed by atoms with Crippen molar-refractivity contribution >= 4 is 28.9 Å². The molecular formula is C14H15Cl2NO3. The number of hydrogen-bond acceptors (Lipinski definition) is 3. The van der Waals surface area contributed by atoms with E-state index in [1.165, 1.54) is 6.07 Å². The average Bonchev–Trinajstić information content (AvgIpc) is 2.92. The summed E-state index contributed by atoms with van der Waals surface area (Å²) in [6.45, 7) is 0. The van der Waals surface area contributed by atoms with Crippen LogP contribution in [0.4, 0.5) is 5.69 Å². The Morgan fingerprint density at radius 3 is 2.65 bits per heavy atom. The van der Waals surface area contributed by atoms with E-state index in [0.717, 1.165) is 32.1 Å². The molecule has 20 heavy (non-hydrogen) atoms. The second-order valence-electron chi connectivity index (χ2n) is 5.62. The molecule has 1 spiro atoms. The minimum Gasteiger partial charge on any atom is -0.483 e. The van der Waals surface area contributed by atoms with Crippen molar-refractivity contribution in [1.29, 1.82) is 0 Å². The molecule has 2 fully saturated rings. The molecule has 0 amide bonds. The number of nitrogens with zero attached hydrogens (tertiary/aromatic N) is 1. The lowest BCUT2D eigenvalue weighted by molar-refractivity contribution is -0.386. The normalized spacial score (nSPS) is 27.3. The van der Waals surface area contributed by atoms with Crippen molar-refractivity contribution in [3.63, 3.8) is 0 Å². The predicted molar refractivity (Wildman–Crippen MR) is 77.7 cm³/mol. The summed E-state index contributed by atoms with van der Waals surface area (Å²) in [6.07, 6.45) is 5.15. The molecule has 0 saturated heterocycles. The van der Waals surface area contributed by atoms with Crippen LogP contribution in [0.25, 0.3) is 0 Å². The van der Waals surface area contributed by atoms with Crippen molar-refractivity contribution in [2.75, 3.05) is 0 Å². The van der Waals surface area contributed by atoms with Crippen LogP contribution in [-0.4, -0.2) is 16.4 Å². The van der Waals surface area contributed by atoms with Gasteiger partial charge in [0.05, 0.1) is 4.92 Å². The van der Waals surface area contributed by atoms with E-state index in [9.17, 15) is 10.1 Å². The van der Waals surface area contributed by atoms with E-state index in [0.29, 0.717) is 10.8 Å². The third kappa shape index (κ3) is 2.15. The number of nitro groups is 1. The minimum absolute atomic E-state index is 0.00899. The molecule has 0 radical (unpaired) electrons. The van der Waals surface area contributed by atoms with Crippen LogP contribution in [0.15, 0.2) is 18.2 Å². The quantitative estimate of drug-likeness (QED) is 0.466. The van der Waals surface area contributed by atoms with E-state index in [1.54, 1.807) is 12.1 Å². The Hall–Kier alpha value is -1.00. The Morgan fingerprint density at radius 1 is 1.35 bits per heavy atom. The zero-order chi connectivity index (χ0) is 14.3. The molecular weight excluding hydrogens is 301 g/mol. The van der Waals surface area contributed by atoms with Crippen molar-refractivity contribution < 1.29 is 9.66 Å². The van der Waals surface area contributed by atoms with Gasteiger partial charge in [0.2, 0.25) is 0 Å². The molecule has 1 aromatic rings. The minimum atomic E-state index is -0.459. The molecule has 2 unspecified atom stereocenters. The fourth-order valence-electron chi connectivity index (χ4n) is 3.42. The van der Waals surface area contributed by atoms with Gasteiger partial charge in [0.15, 0.2) is 5.75 Å². The highest BCUT2D eigenvalue weighted by atomic mass is 35.5. The van der Waals surface area contributed by atoms with E-state index in [-0.39, 0.29) is 22.6 Å². The summed E-state index contributed by atoms with van der Waals surface area (Å²) >= 11 is 12.2. The van der Waals surface area contributed by atoms with Gasteiger partial charge in [0.1, 0.15) is 6.10 Å². The number of benzene rings is 1. The van der Waals surface area contributed by atoms with Gasteiger partial charge in [0.25, 0.3) is 0 Å². The maximum Gasteiger partial charge on any atom is 0.312 e. The highest BCUT2D eigenvalue weighted by Gasteiger charge is 2.57. The fraction of sp³-hybridized carbons (Fsp3) is 0.571. The molecule has 0 aliphatic heterocycles. The lowest BCUT2D eigenvalue weighted by Crippen LogP contribution is -2.55. The number of alkyl halides is 1. The second-order valence-corrected chi connectivity index (χ2v) is 6.58. The average molecular weight is 316 g/mol. The van der Waals surface area contributed by atoms with Gasteiger partial charge in [-0.15, -0.1) is 11.6 Å². The van der Waals surface area contributed by atoms with Gasteiger partial charge in [-0.1, -0.05) is 24.4 Å². The summed E-state index contributed by atoms with van der Waals surface area (Å²) in [7, 11) is 0. The van der Waals surface area contributed by atoms with Gasteiger partial charge in [-0.25, -0.2) is 0 Å². The molecule has 4 nitrogen and oxygen atoms in total. The van der Waals surface area contributed by atoms with Gasteiger partial charge < -0.3 is 4.74 Å². The first-order chi connectivity index (χ1) is 9.53. The second kappa shape index (κ2) is 5.08. The van der Waals surface area contributed by atoms with E-state index in [2.05, 4.69) is 0 Å². The topological polar surface area (TPSA) is 52.4 Å². The first kappa shape index (κ1) is 14.0. The number of halogens is 2. The zero-order valence-electron chi connectivity index (χ0n) is 10.9. The molecule has 2 saturated carbocycles. The summed E-state index contributed by atoms with van der Waals surface area (Å²) in [5, 5.41) is 11.5. The molecule has 2 aliphatic rings. The van der Waals surface area contributed by atoms with Gasteiger partial charge >= 0.3 is 5.69 Å². The maximum absolute atomic E-state index is 11.1.